The Labute approximate surface area is 119 Å². The minimum atomic E-state index is -0.455. The average Bonchev–Trinajstić information content (AvgIpc) is 2.40. The van der Waals surface area contributed by atoms with Crippen molar-refractivity contribution in [2.24, 2.45) is 0 Å². The predicted octanol–water partition coefficient (Wildman–Crippen LogP) is 3.99. The van der Waals surface area contributed by atoms with Crippen molar-refractivity contribution in [1.82, 2.24) is 9.97 Å². The van der Waals surface area contributed by atoms with Crippen LogP contribution in [0.4, 0.5) is 10.2 Å². The monoisotopic (exact) mass is 325 g/mol. The molecule has 0 radical (unpaired) electrons. The fraction of sp³-hybridized carbons (Fsp3) is 0.231. The van der Waals surface area contributed by atoms with Crippen molar-refractivity contribution in [3.8, 4) is 11.6 Å². The molecule has 0 atom stereocenters. The number of rotatable bonds is 5. The molecule has 100 valence electrons. The summed E-state index contributed by atoms with van der Waals surface area (Å²) in [6, 6.07) is 4.57. The lowest BCUT2D eigenvalue weighted by atomic mass is 10.3. The van der Waals surface area contributed by atoms with Crippen LogP contribution in [0.1, 0.15) is 13.3 Å². The highest BCUT2D eigenvalue weighted by Crippen LogP contribution is 2.25. The largest absolute Gasteiger partial charge is 0.434 e. The van der Waals surface area contributed by atoms with Crippen molar-refractivity contribution in [2.75, 3.05) is 11.9 Å². The summed E-state index contributed by atoms with van der Waals surface area (Å²) in [5.74, 6) is 0.521. The lowest BCUT2D eigenvalue weighted by molar-refractivity contribution is 0.426. The molecule has 0 aliphatic heterocycles. The molecule has 1 aromatic heterocycles. The summed E-state index contributed by atoms with van der Waals surface area (Å²) >= 11 is 3.19. The van der Waals surface area contributed by atoms with Gasteiger partial charge in [-0.15, -0.1) is 0 Å². The molecule has 1 heterocycles. The molecule has 2 aromatic rings. The molecule has 19 heavy (non-hydrogen) atoms. The summed E-state index contributed by atoms with van der Waals surface area (Å²) < 4.78 is 19.7. The first-order valence-corrected chi connectivity index (χ1v) is 6.67. The summed E-state index contributed by atoms with van der Waals surface area (Å²) in [6.45, 7) is 2.85. The molecule has 2 rings (SSSR count). The number of hydrogen-bond donors (Lipinski definition) is 1. The van der Waals surface area contributed by atoms with Crippen LogP contribution in [0.15, 0.2) is 35.1 Å². The van der Waals surface area contributed by atoms with Crippen LogP contribution in [0.5, 0.6) is 11.6 Å². The molecular formula is C13H13BrFN3O. The number of nitrogens with zero attached hydrogens (tertiary/aromatic N) is 2. The van der Waals surface area contributed by atoms with Crippen LogP contribution in [-0.4, -0.2) is 16.5 Å². The number of aromatic nitrogens is 2. The number of benzene rings is 1. The fourth-order valence-electron chi connectivity index (χ4n) is 1.41. The molecule has 0 saturated heterocycles. The van der Waals surface area contributed by atoms with Gasteiger partial charge in [0.1, 0.15) is 5.82 Å². The molecule has 0 amide bonds. The molecule has 0 aliphatic rings. The van der Waals surface area contributed by atoms with E-state index in [1.165, 1.54) is 18.3 Å². The van der Waals surface area contributed by atoms with Crippen molar-refractivity contribution in [3.05, 3.63) is 40.9 Å². The van der Waals surface area contributed by atoms with E-state index < -0.39 is 5.82 Å². The molecule has 0 bridgehead atoms. The Morgan fingerprint density at radius 1 is 1.37 bits per heavy atom. The van der Waals surface area contributed by atoms with E-state index in [2.05, 4.69) is 38.1 Å². The third-order valence-corrected chi connectivity index (χ3v) is 2.77. The molecule has 0 saturated carbocycles. The van der Waals surface area contributed by atoms with E-state index in [-0.39, 0.29) is 11.6 Å². The van der Waals surface area contributed by atoms with E-state index >= 15 is 0 Å². The van der Waals surface area contributed by atoms with Gasteiger partial charge in [0, 0.05) is 11.0 Å². The number of anilines is 1. The van der Waals surface area contributed by atoms with Crippen LogP contribution in [0.25, 0.3) is 0 Å². The van der Waals surface area contributed by atoms with E-state index in [4.69, 9.17) is 4.74 Å². The minimum absolute atomic E-state index is 0.116. The van der Waals surface area contributed by atoms with Gasteiger partial charge in [-0.2, -0.15) is 4.98 Å². The maximum absolute atomic E-state index is 13.6. The Kier molecular flexibility index (Phi) is 4.68. The van der Waals surface area contributed by atoms with Crippen molar-refractivity contribution < 1.29 is 9.13 Å². The Morgan fingerprint density at radius 2 is 2.21 bits per heavy atom. The second kappa shape index (κ2) is 6.47. The second-order valence-corrected chi connectivity index (χ2v) is 4.76. The first-order valence-electron chi connectivity index (χ1n) is 5.88. The first kappa shape index (κ1) is 13.7. The number of hydrogen-bond acceptors (Lipinski definition) is 4. The van der Waals surface area contributed by atoms with Gasteiger partial charge >= 0.3 is 0 Å². The summed E-state index contributed by atoms with van der Waals surface area (Å²) in [6.07, 6.45) is 4.02. The highest BCUT2D eigenvalue weighted by molar-refractivity contribution is 9.10. The normalized spacial score (nSPS) is 10.3. The van der Waals surface area contributed by atoms with Gasteiger partial charge in [0.15, 0.2) is 11.6 Å². The van der Waals surface area contributed by atoms with Gasteiger partial charge in [-0.1, -0.05) is 22.9 Å². The SMILES string of the molecule is CCCNc1cncc(Oc2ccc(Br)cc2F)n1. The number of halogens is 2. The first-order chi connectivity index (χ1) is 9.19. The van der Waals surface area contributed by atoms with Gasteiger partial charge in [-0.05, 0) is 24.6 Å². The lowest BCUT2D eigenvalue weighted by Crippen LogP contribution is -2.03. The molecule has 0 aliphatic carbocycles. The predicted molar refractivity (Wildman–Crippen MR) is 75.0 cm³/mol. The smallest absolute Gasteiger partial charge is 0.239 e. The Balaban J connectivity index is 2.14. The maximum atomic E-state index is 13.6. The van der Waals surface area contributed by atoms with E-state index in [0.717, 1.165) is 13.0 Å². The topological polar surface area (TPSA) is 47.0 Å². The van der Waals surface area contributed by atoms with Crippen molar-refractivity contribution in [2.45, 2.75) is 13.3 Å². The summed E-state index contributed by atoms with van der Waals surface area (Å²) in [7, 11) is 0. The summed E-state index contributed by atoms with van der Waals surface area (Å²) in [4.78, 5) is 8.19. The van der Waals surface area contributed by atoms with Crippen molar-refractivity contribution in [1.29, 1.82) is 0 Å². The third kappa shape index (κ3) is 3.89. The minimum Gasteiger partial charge on any atom is -0.434 e. The quantitative estimate of drug-likeness (QED) is 0.902. The molecule has 0 fully saturated rings. The summed E-state index contributed by atoms with van der Waals surface area (Å²) in [5.41, 5.74) is 0. The van der Waals surface area contributed by atoms with E-state index in [1.807, 2.05) is 0 Å². The van der Waals surface area contributed by atoms with E-state index in [1.54, 1.807) is 12.3 Å². The highest BCUT2D eigenvalue weighted by Gasteiger charge is 2.07. The zero-order valence-electron chi connectivity index (χ0n) is 10.4. The Hall–Kier alpha value is -1.69. The van der Waals surface area contributed by atoms with Crippen LogP contribution in [0.2, 0.25) is 0 Å². The van der Waals surface area contributed by atoms with Gasteiger partial charge in [0.2, 0.25) is 5.88 Å². The standard InChI is InChI=1S/C13H13BrFN3O/c1-2-5-17-12-7-16-8-13(18-12)19-11-4-3-9(14)6-10(11)15/h3-4,6-8H,2,5H2,1H3,(H,17,18). The van der Waals surface area contributed by atoms with Crippen LogP contribution < -0.4 is 10.1 Å². The molecule has 0 spiro atoms. The van der Waals surface area contributed by atoms with Crippen LogP contribution in [-0.2, 0) is 0 Å². The van der Waals surface area contributed by atoms with Crippen molar-refractivity contribution in [3.63, 3.8) is 0 Å². The zero-order chi connectivity index (χ0) is 13.7. The Morgan fingerprint density at radius 3 is 2.95 bits per heavy atom. The van der Waals surface area contributed by atoms with Gasteiger partial charge < -0.3 is 10.1 Å². The zero-order valence-corrected chi connectivity index (χ0v) is 11.9. The van der Waals surface area contributed by atoms with E-state index in [0.29, 0.717) is 10.3 Å². The number of nitrogens with one attached hydrogen (secondary N) is 1. The van der Waals surface area contributed by atoms with Gasteiger partial charge in [-0.3, -0.25) is 4.98 Å². The fourth-order valence-corrected chi connectivity index (χ4v) is 1.74. The lowest BCUT2D eigenvalue weighted by Gasteiger charge is -2.08. The third-order valence-electron chi connectivity index (χ3n) is 2.28. The van der Waals surface area contributed by atoms with Gasteiger partial charge in [0.05, 0.1) is 12.4 Å². The summed E-state index contributed by atoms with van der Waals surface area (Å²) in [5, 5.41) is 3.09. The molecule has 6 heteroatoms. The van der Waals surface area contributed by atoms with E-state index in [9.17, 15) is 4.39 Å². The molecule has 1 aromatic carbocycles. The molecular weight excluding hydrogens is 313 g/mol. The Bertz CT molecular complexity index is 565. The van der Waals surface area contributed by atoms with Crippen molar-refractivity contribution >= 4 is 21.7 Å². The van der Waals surface area contributed by atoms with Crippen LogP contribution in [0.3, 0.4) is 0 Å². The maximum Gasteiger partial charge on any atom is 0.239 e. The van der Waals surface area contributed by atoms with Gasteiger partial charge in [0.25, 0.3) is 0 Å². The number of ether oxygens (including phenoxy) is 1. The second-order valence-electron chi connectivity index (χ2n) is 3.85. The highest BCUT2D eigenvalue weighted by atomic mass is 79.9. The molecule has 1 N–H and O–H groups in total. The molecule has 4 nitrogen and oxygen atoms in total. The molecule has 0 unspecified atom stereocenters. The van der Waals surface area contributed by atoms with Gasteiger partial charge in [-0.25, -0.2) is 4.39 Å². The van der Waals surface area contributed by atoms with Crippen LogP contribution >= 0.6 is 15.9 Å². The average molecular weight is 326 g/mol. The van der Waals surface area contributed by atoms with Crippen LogP contribution in [0, 0.1) is 5.82 Å².